The molecule has 0 spiro atoms. The first-order valence-corrected chi connectivity index (χ1v) is 5.03. The molecule has 0 saturated heterocycles. The van der Waals surface area contributed by atoms with Crippen molar-refractivity contribution in [2.24, 2.45) is 12.8 Å². The lowest BCUT2D eigenvalue weighted by molar-refractivity contribution is 0.344. The fraction of sp³-hybridized carbons (Fsp3) is 0.364. The zero-order valence-corrected chi connectivity index (χ0v) is 9.03. The van der Waals surface area contributed by atoms with Crippen LogP contribution in [-0.4, -0.2) is 16.2 Å². The smallest absolute Gasteiger partial charge is 0.143 e. The fourth-order valence-corrected chi connectivity index (χ4v) is 1.79. The van der Waals surface area contributed by atoms with Crippen LogP contribution in [0.2, 0.25) is 0 Å². The average Bonchev–Trinajstić information content (AvgIpc) is 2.58. The zero-order chi connectivity index (χ0) is 10.8. The molecule has 2 N–H and O–H groups in total. The second-order valence-electron chi connectivity index (χ2n) is 3.41. The van der Waals surface area contributed by atoms with Crippen LogP contribution < -0.4 is 10.5 Å². The van der Waals surface area contributed by atoms with Crippen molar-refractivity contribution in [2.45, 2.75) is 13.5 Å². The van der Waals surface area contributed by atoms with Gasteiger partial charge in [-0.2, -0.15) is 0 Å². The number of nitrogens with zero attached hydrogens (tertiary/aromatic N) is 2. The van der Waals surface area contributed by atoms with Crippen molar-refractivity contribution in [1.29, 1.82) is 0 Å². The van der Waals surface area contributed by atoms with Gasteiger partial charge in [-0.1, -0.05) is 0 Å². The summed E-state index contributed by atoms with van der Waals surface area (Å²) in [7, 11) is 1.96. The Morgan fingerprint density at radius 3 is 3.00 bits per heavy atom. The zero-order valence-electron chi connectivity index (χ0n) is 9.03. The maximum Gasteiger partial charge on any atom is 0.143 e. The summed E-state index contributed by atoms with van der Waals surface area (Å²) in [6.07, 6.45) is 3.76. The SMILES string of the molecule is CCOc1ccnc2c1c(CN)cn2C. The van der Waals surface area contributed by atoms with Crippen molar-refractivity contribution in [3.05, 3.63) is 24.0 Å². The molecule has 0 unspecified atom stereocenters. The molecule has 2 rings (SSSR count). The van der Waals surface area contributed by atoms with Crippen molar-refractivity contribution < 1.29 is 4.74 Å². The summed E-state index contributed by atoms with van der Waals surface area (Å²) in [6, 6.07) is 1.88. The predicted molar refractivity (Wildman–Crippen MR) is 59.8 cm³/mol. The van der Waals surface area contributed by atoms with E-state index in [9.17, 15) is 0 Å². The van der Waals surface area contributed by atoms with Gasteiger partial charge in [0.2, 0.25) is 0 Å². The van der Waals surface area contributed by atoms with E-state index in [4.69, 9.17) is 10.5 Å². The molecule has 2 aromatic rings. The Hall–Kier alpha value is -1.55. The van der Waals surface area contributed by atoms with Gasteiger partial charge in [0.15, 0.2) is 0 Å². The third-order valence-corrected chi connectivity index (χ3v) is 2.42. The number of hydrogen-bond donors (Lipinski definition) is 1. The molecule has 0 saturated carbocycles. The van der Waals surface area contributed by atoms with E-state index in [1.54, 1.807) is 6.20 Å². The Bertz CT molecular complexity index is 476. The standard InChI is InChI=1S/C11H15N3O/c1-3-15-9-4-5-13-11-10(9)8(6-12)7-14(11)2/h4-5,7H,3,6,12H2,1-2H3. The predicted octanol–water partition coefficient (Wildman–Crippen LogP) is 1.43. The normalized spacial score (nSPS) is 10.9. The van der Waals surface area contributed by atoms with Gasteiger partial charge >= 0.3 is 0 Å². The number of pyridine rings is 1. The van der Waals surface area contributed by atoms with Crippen LogP contribution in [0.1, 0.15) is 12.5 Å². The summed E-state index contributed by atoms with van der Waals surface area (Å²) >= 11 is 0. The molecule has 15 heavy (non-hydrogen) atoms. The van der Waals surface area contributed by atoms with Gasteiger partial charge in [0.1, 0.15) is 11.4 Å². The highest BCUT2D eigenvalue weighted by Crippen LogP contribution is 2.28. The Kier molecular flexibility index (Phi) is 2.60. The van der Waals surface area contributed by atoms with Crippen molar-refractivity contribution in [3.63, 3.8) is 0 Å². The van der Waals surface area contributed by atoms with E-state index in [1.807, 2.05) is 30.8 Å². The Morgan fingerprint density at radius 2 is 2.33 bits per heavy atom. The molecule has 0 aliphatic carbocycles. The first-order valence-electron chi connectivity index (χ1n) is 5.03. The van der Waals surface area contributed by atoms with Crippen molar-refractivity contribution in [3.8, 4) is 5.75 Å². The van der Waals surface area contributed by atoms with Crippen molar-refractivity contribution >= 4 is 11.0 Å². The minimum Gasteiger partial charge on any atom is -0.493 e. The molecule has 0 aromatic carbocycles. The molecule has 4 heteroatoms. The van der Waals surface area contributed by atoms with Gasteiger partial charge in [0.25, 0.3) is 0 Å². The van der Waals surface area contributed by atoms with E-state index in [0.717, 1.165) is 22.3 Å². The third-order valence-electron chi connectivity index (χ3n) is 2.42. The third kappa shape index (κ3) is 1.57. The molecule has 0 radical (unpaired) electrons. The lowest BCUT2D eigenvalue weighted by Gasteiger charge is -2.05. The van der Waals surface area contributed by atoms with Crippen LogP contribution in [0.25, 0.3) is 11.0 Å². The highest BCUT2D eigenvalue weighted by atomic mass is 16.5. The van der Waals surface area contributed by atoms with Crippen LogP contribution in [0.3, 0.4) is 0 Å². The van der Waals surface area contributed by atoms with Gasteiger partial charge in [0.05, 0.1) is 12.0 Å². The number of aryl methyl sites for hydroxylation is 1. The molecule has 4 nitrogen and oxygen atoms in total. The second-order valence-corrected chi connectivity index (χ2v) is 3.41. The van der Waals surface area contributed by atoms with Crippen LogP contribution in [-0.2, 0) is 13.6 Å². The molecule has 0 fully saturated rings. The number of ether oxygens (including phenoxy) is 1. The molecule has 0 aliphatic rings. The number of rotatable bonds is 3. The highest BCUT2D eigenvalue weighted by Gasteiger charge is 2.11. The van der Waals surface area contributed by atoms with Crippen LogP contribution >= 0.6 is 0 Å². The highest BCUT2D eigenvalue weighted by molar-refractivity contribution is 5.86. The Labute approximate surface area is 88.7 Å². The van der Waals surface area contributed by atoms with E-state index in [0.29, 0.717) is 13.2 Å². The topological polar surface area (TPSA) is 53.1 Å². The minimum atomic E-state index is 0.503. The molecule has 80 valence electrons. The summed E-state index contributed by atoms with van der Waals surface area (Å²) in [5.74, 6) is 0.864. The maximum absolute atomic E-state index is 5.70. The first-order chi connectivity index (χ1) is 7.27. The largest absolute Gasteiger partial charge is 0.493 e. The first kappa shape index (κ1) is 9.98. The van der Waals surface area contributed by atoms with Gasteiger partial charge in [-0.05, 0) is 18.6 Å². The molecule has 0 aliphatic heterocycles. The maximum atomic E-state index is 5.70. The summed E-state index contributed by atoms with van der Waals surface area (Å²) in [4.78, 5) is 4.32. The van der Waals surface area contributed by atoms with Crippen LogP contribution in [0.5, 0.6) is 5.75 Å². The van der Waals surface area contributed by atoms with Gasteiger partial charge < -0.3 is 15.0 Å². The quantitative estimate of drug-likeness (QED) is 0.824. The van der Waals surface area contributed by atoms with Crippen LogP contribution in [0.4, 0.5) is 0 Å². The van der Waals surface area contributed by atoms with Crippen LogP contribution in [0.15, 0.2) is 18.5 Å². The van der Waals surface area contributed by atoms with E-state index in [-0.39, 0.29) is 0 Å². The minimum absolute atomic E-state index is 0.503. The number of nitrogens with two attached hydrogens (primary N) is 1. The summed E-state index contributed by atoms with van der Waals surface area (Å²) in [5.41, 5.74) is 7.69. The molecule has 2 heterocycles. The second kappa shape index (κ2) is 3.90. The van der Waals surface area contributed by atoms with E-state index in [1.165, 1.54) is 0 Å². The molecule has 2 aromatic heterocycles. The van der Waals surface area contributed by atoms with Gasteiger partial charge in [-0.15, -0.1) is 0 Å². The lowest BCUT2D eigenvalue weighted by atomic mass is 10.2. The van der Waals surface area contributed by atoms with Crippen LogP contribution in [0, 0.1) is 0 Å². The lowest BCUT2D eigenvalue weighted by Crippen LogP contribution is -1.97. The van der Waals surface area contributed by atoms with Gasteiger partial charge in [-0.3, -0.25) is 0 Å². The van der Waals surface area contributed by atoms with Gasteiger partial charge in [-0.25, -0.2) is 4.98 Å². The number of hydrogen-bond acceptors (Lipinski definition) is 3. The monoisotopic (exact) mass is 205 g/mol. The molecule has 0 bridgehead atoms. The van der Waals surface area contributed by atoms with E-state index >= 15 is 0 Å². The van der Waals surface area contributed by atoms with Crippen molar-refractivity contribution in [2.75, 3.05) is 6.61 Å². The average molecular weight is 205 g/mol. The van der Waals surface area contributed by atoms with Gasteiger partial charge in [0, 0.05) is 26.0 Å². The summed E-state index contributed by atoms with van der Waals surface area (Å²) in [6.45, 7) is 3.12. The molecular formula is C11H15N3O. The number of fused-ring (bicyclic) bond motifs is 1. The van der Waals surface area contributed by atoms with E-state index < -0.39 is 0 Å². The fourth-order valence-electron chi connectivity index (χ4n) is 1.79. The number of aromatic nitrogens is 2. The van der Waals surface area contributed by atoms with E-state index in [2.05, 4.69) is 4.98 Å². The molecule has 0 atom stereocenters. The Balaban J connectivity index is 2.70. The summed E-state index contributed by atoms with van der Waals surface area (Å²) in [5, 5.41) is 1.03. The Morgan fingerprint density at radius 1 is 1.53 bits per heavy atom. The molecule has 0 amide bonds. The summed E-state index contributed by atoms with van der Waals surface area (Å²) < 4.78 is 7.54. The molecular weight excluding hydrogens is 190 g/mol. The van der Waals surface area contributed by atoms with Crippen molar-refractivity contribution in [1.82, 2.24) is 9.55 Å².